The molecule has 1 N–H and O–H groups in total. The molecule has 0 aliphatic heterocycles. The normalized spacial score (nSPS) is 13.4. The van der Waals surface area contributed by atoms with Gasteiger partial charge in [0.1, 0.15) is 5.82 Å². The average molecular weight is 326 g/mol. The maximum atomic E-state index is 14.2. The smallest absolute Gasteiger partial charge is 0.129 e. The zero-order valence-electron chi connectivity index (χ0n) is 12.8. The number of rotatable bonds is 4. The molecule has 21 heavy (non-hydrogen) atoms. The molecule has 2 aromatic rings. The summed E-state index contributed by atoms with van der Waals surface area (Å²) in [6.07, 6.45) is 0. The first-order valence-corrected chi connectivity index (χ1v) is 8.31. The van der Waals surface area contributed by atoms with Gasteiger partial charge in [-0.3, -0.25) is 0 Å². The second-order valence-corrected chi connectivity index (χ2v) is 7.66. The Morgan fingerprint density at radius 3 is 2.48 bits per heavy atom. The van der Waals surface area contributed by atoms with Gasteiger partial charge >= 0.3 is 0 Å². The van der Waals surface area contributed by atoms with Crippen molar-refractivity contribution >= 4 is 22.9 Å². The molecule has 0 saturated heterocycles. The highest BCUT2D eigenvalue weighted by Gasteiger charge is 2.22. The third-order valence-corrected chi connectivity index (χ3v) is 5.14. The van der Waals surface area contributed by atoms with Gasteiger partial charge in [-0.05, 0) is 36.2 Å². The summed E-state index contributed by atoms with van der Waals surface area (Å²) in [6.45, 7) is 9.36. The summed E-state index contributed by atoms with van der Waals surface area (Å²) in [6, 6.07) is 8.97. The summed E-state index contributed by atoms with van der Waals surface area (Å²) in [7, 11) is 0. The quantitative estimate of drug-likeness (QED) is 0.778. The Kier molecular flexibility index (Phi) is 5.07. The van der Waals surface area contributed by atoms with Gasteiger partial charge in [0.05, 0.1) is 6.04 Å². The fraction of sp³-hybridized carbons (Fsp3) is 0.412. The van der Waals surface area contributed by atoms with E-state index in [0.29, 0.717) is 10.6 Å². The standard InChI is InChI=1S/C17H21ClFNS/c1-5-20-16(12-7-6-11(18)10-13(12)19)14-8-9-15(21-14)17(2,3)4/h6-10,16,20H,5H2,1-4H3. The molecule has 0 aliphatic rings. The highest BCUT2D eigenvalue weighted by molar-refractivity contribution is 7.12. The van der Waals surface area contributed by atoms with Crippen molar-refractivity contribution in [1.29, 1.82) is 0 Å². The SMILES string of the molecule is CCNC(c1ccc(C(C)(C)C)s1)c1ccc(Cl)cc1F. The topological polar surface area (TPSA) is 12.0 Å². The van der Waals surface area contributed by atoms with E-state index < -0.39 is 0 Å². The molecule has 0 saturated carbocycles. The lowest BCUT2D eigenvalue weighted by Gasteiger charge is -2.19. The second-order valence-electron chi connectivity index (χ2n) is 6.11. The molecule has 114 valence electrons. The maximum Gasteiger partial charge on any atom is 0.129 e. The molecule has 1 heterocycles. The minimum absolute atomic E-state index is 0.109. The Balaban J connectivity index is 2.41. The van der Waals surface area contributed by atoms with Gasteiger partial charge in [0.2, 0.25) is 0 Å². The molecule has 1 unspecified atom stereocenters. The van der Waals surface area contributed by atoms with E-state index in [-0.39, 0.29) is 17.3 Å². The second kappa shape index (κ2) is 6.47. The lowest BCUT2D eigenvalue weighted by atomic mass is 9.95. The molecule has 1 aromatic heterocycles. The number of thiophene rings is 1. The first-order chi connectivity index (χ1) is 9.82. The third kappa shape index (κ3) is 3.85. The van der Waals surface area contributed by atoms with Crippen LogP contribution in [0.1, 0.15) is 49.1 Å². The van der Waals surface area contributed by atoms with Gasteiger partial charge in [0.25, 0.3) is 0 Å². The fourth-order valence-corrected chi connectivity index (χ4v) is 3.53. The zero-order valence-corrected chi connectivity index (χ0v) is 14.4. The molecular weight excluding hydrogens is 305 g/mol. The van der Waals surface area contributed by atoms with Gasteiger partial charge in [0, 0.05) is 20.3 Å². The molecule has 0 spiro atoms. The van der Waals surface area contributed by atoms with Gasteiger partial charge in [0.15, 0.2) is 0 Å². The molecule has 0 bridgehead atoms. The highest BCUT2D eigenvalue weighted by Crippen LogP contribution is 2.35. The summed E-state index contributed by atoms with van der Waals surface area (Å²) >= 11 is 7.58. The van der Waals surface area contributed by atoms with Crippen LogP contribution in [0, 0.1) is 5.82 Å². The Hall–Kier alpha value is -0.900. The van der Waals surface area contributed by atoms with Crippen LogP contribution in [0.3, 0.4) is 0 Å². The van der Waals surface area contributed by atoms with Crippen molar-refractivity contribution in [2.45, 2.75) is 39.2 Å². The summed E-state index contributed by atoms with van der Waals surface area (Å²) in [5, 5.41) is 3.79. The Morgan fingerprint density at radius 2 is 1.95 bits per heavy atom. The van der Waals surface area contributed by atoms with Gasteiger partial charge in [-0.1, -0.05) is 45.4 Å². The summed E-state index contributed by atoms with van der Waals surface area (Å²) < 4.78 is 14.2. The van der Waals surface area contributed by atoms with E-state index in [1.54, 1.807) is 23.5 Å². The van der Waals surface area contributed by atoms with E-state index in [0.717, 1.165) is 11.4 Å². The average Bonchev–Trinajstić information content (AvgIpc) is 2.86. The van der Waals surface area contributed by atoms with Crippen LogP contribution in [0.25, 0.3) is 0 Å². The van der Waals surface area contributed by atoms with Gasteiger partial charge in [-0.25, -0.2) is 4.39 Å². The van der Waals surface area contributed by atoms with Crippen LogP contribution in [0.4, 0.5) is 4.39 Å². The first-order valence-electron chi connectivity index (χ1n) is 7.11. The van der Waals surface area contributed by atoms with Crippen LogP contribution in [0.5, 0.6) is 0 Å². The first kappa shape index (κ1) is 16.5. The monoisotopic (exact) mass is 325 g/mol. The third-order valence-electron chi connectivity index (χ3n) is 3.33. The molecule has 0 aliphatic carbocycles. The number of benzene rings is 1. The van der Waals surface area contributed by atoms with Crippen molar-refractivity contribution in [2.24, 2.45) is 0 Å². The number of halogens is 2. The molecule has 1 nitrogen and oxygen atoms in total. The van der Waals surface area contributed by atoms with Crippen molar-refractivity contribution in [1.82, 2.24) is 5.32 Å². The van der Waals surface area contributed by atoms with Crippen molar-refractivity contribution in [3.05, 3.63) is 56.5 Å². The summed E-state index contributed by atoms with van der Waals surface area (Å²) in [5.74, 6) is -0.265. The van der Waals surface area contributed by atoms with Crippen molar-refractivity contribution in [3.8, 4) is 0 Å². The van der Waals surface area contributed by atoms with Crippen molar-refractivity contribution in [3.63, 3.8) is 0 Å². The predicted octanol–water partition coefficient (Wildman–Crippen LogP) is 5.54. The van der Waals surface area contributed by atoms with E-state index in [2.05, 4.69) is 38.2 Å². The van der Waals surface area contributed by atoms with Crippen LogP contribution in [-0.4, -0.2) is 6.54 Å². The van der Waals surface area contributed by atoms with Gasteiger partial charge in [-0.2, -0.15) is 0 Å². The van der Waals surface area contributed by atoms with E-state index in [9.17, 15) is 4.39 Å². The number of hydrogen-bond donors (Lipinski definition) is 1. The van der Waals surface area contributed by atoms with Crippen LogP contribution in [-0.2, 0) is 5.41 Å². The molecule has 4 heteroatoms. The summed E-state index contributed by atoms with van der Waals surface area (Å²) in [4.78, 5) is 2.43. The van der Waals surface area contributed by atoms with Gasteiger partial charge in [-0.15, -0.1) is 11.3 Å². The van der Waals surface area contributed by atoms with Crippen molar-refractivity contribution < 1.29 is 4.39 Å². The van der Waals surface area contributed by atoms with E-state index in [1.807, 2.05) is 6.92 Å². The largest absolute Gasteiger partial charge is 0.306 e. The van der Waals surface area contributed by atoms with Crippen LogP contribution in [0.15, 0.2) is 30.3 Å². The van der Waals surface area contributed by atoms with Crippen LogP contribution < -0.4 is 5.32 Å². The Bertz CT molecular complexity index is 615. The predicted molar refractivity (Wildman–Crippen MR) is 89.9 cm³/mol. The molecule has 0 fully saturated rings. The highest BCUT2D eigenvalue weighted by atomic mass is 35.5. The number of nitrogens with one attached hydrogen (secondary N) is 1. The molecule has 1 aromatic carbocycles. The maximum absolute atomic E-state index is 14.2. The molecule has 0 amide bonds. The van der Waals surface area contributed by atoms with Gasteiger partial charge < -0.3 is 5.32 Å². The van der Waals surface area contributed by atoms with Crippen LogP contribution in [0.2, 0.25) is 5.02 Å². The van der Waals surface area contributed by atoms with Crippen LogP contribution >= 0.6 is 22.9 Å². The van der Waals surface area contributed by atoms with Crippen molar-refractivity contribution in [2.75, 3.05) is 6.54 Å². The lowest BCUT2D eigenvalue weighted by molar-refractivity contribution is 0.563. The zero-order chi connectivity index (χ0) is 15.6. The minimum Gasteiger partial charge on any atom is -0.306 e. The minimum atomic E-state index is -0.265. The Labute approximate surface area is 135 Å². The molecular formula is C17H21ClFNS. The molecule has 2 rings (SSSR count). The molecule has 0 radical (unpaired) electrons. The van der Waals surface area contributed by atoms with E-state index in [1.165, 1.54) is 10.9 Å². The fourth-order valence-electron chi connectivity index (χ4n) is 2.21. The Morgan fingerprint density at radius 1 is 1.24 bits per heavy atom. The molecule has 1 atom stereocenters. The van der Waals surface area contributed by atoms with E-state index in [4.69, 9.17) is 11.6 Å². The lowest BCUT2D eigenvalue weighted by Crippen LogP contribution is -2.22. The summed E-state index contributed by atoms with van der Waals surface area (Å²) in [5.41, 5.74) is 0.752. The van der Waals surface area contributed by atoms with E-state index >= 15 is 0 Å². The number of hydrogen-bond acceptors (Lipinski definition) is 2.